The highest BCUT2D eigenvalue weighted by Gasteiger charge is 2.36. The molecular formula is C88H97Cl3F3N17O10. The number of carbonyl (C=O) groups excluding carboxylic acids is 6. The second kappa shape index (κ2) is 37.9. The van der Waals surface area contributed by atoms with Gasteiger partial charge in [0, 0.05) is 252 Å². The Morgan fingerprint density at radius 2 is 0.760 bits per heavy atom. The van der Waals surface area contributed by atoms with E-state index in [0.29, 0.717) is 138 Å². The lowest BCUT2D eigenvalue weighted by Gasteiger charge is -2.36. The number of carbonyl (C=O) groups is 6. The van der Waals surface area contributed by atoms with Crippen molar-refractivity contribution in [2.75, 3.05) is 166 Å². The molecule has 0 radical (unpaired) electrons. The van der Waals surface area contributed by atoms with Gasteiger partial charge < -0.3 is 74.8 Å². The highest BCUT2D eigenvalue weighted by atomic mass is 35.5. The number of halogens is 6. The predicted molar refractivity (Wildman–Crippen MR) is 462 cm³/mol. The fourth-order valence-electron chi connectivity index (χ4n) is 16.0. The topological polar surface area (TPSA) is 303 Å². The summed E-state index contributed by atoms with van der Waals surface area (Å²) in [6, 6.07) is 27.7. The quantitative estimate of drug-likeness (QED) is 0.0502. The first-order valence-corrected chi connectivity index (χ1v) is 41.3. The third-order valence-electron chi connectivity index (χ3n) is 22.5. The molecule has 33 heteroatoms. The molecule has 3 atom stereocenters. The van der Waals surface area contributed by atoms with Crippen LogP contribution in [0.5, 0.6) is 6.01 Å². The van der Waals surface area contributed by atoms with Gasteiger partial charge in [0.1, 0.15) is 40.6 Å². The molecule has 3 fully saturated rings. The lowest BCUT2D eigenvalue weighted by atomic mass is 9.82. The van der Waals surface area contributed by atoms with Crippen molar-refractivity contribution in [1.29, 1.82) is 0 Å². The predicted octanol–water partition coefficient (Wildman–Crippen LogP) is 12.7. The molecule has 6 heterocycles. The minimum Gasteiger partial charge on any atom is -0.512 e. The maximum Gasteiger partial charge on any atom is 0.319 e. The third-order valence-corrected chi connectivity index (χ3v) is 23.5. The Hall–Kier alpha value is -11.8. The van der Waals surface area contributed by atoms with Gasteiger partial charge >= 0.3 is 6.01 Å². The van der Waals surface area contributed by atoms with Crippen molar-refractivity contribution < 1.29 is 62.0 Å². The van der Waals surface area contributed by atoms with Crippen LogP contribution in [0.3, 0.4) is 0 Å². The zero-order chi connectivity index (χ0) is 86.4. The molecule has 6 aromatic carbocycles. The molecule has 121 heavy (non-hydrogen) atoms. The molecule has 27 nitrogen and oxygen atoms in total. The summed E-state index contributed by atoms with van der Waals surface area (Å²) in [5, 5.41) is 39.5. The fraction of sp³-hybridized carbons (Fsp3) is 0.386. The maximum atomic E-state index is 16.6. The molecule has 3 aromatic heterocycles. The Labute approximate surface area is 714 Å². The lowest BCUT2D eigenvalue weighted by molar-refractivity contribution is -0.131. The number of ether oxygens (including phenoxy) is 1. The number of aromatic nitrogens is 6. The normalized spacial score (nSPS) is 16.9. The van der Waals surface area contributed by atoms with Gasteiger partial charge in [0.2, 0.25) is 47.3 Å². The first-order chi connectivity index (χ1) is 57.9. The Morgan fingerprint density at radius 1 is 0.446 bits per heavy atom. The second-order valence-corrected chi connectivity index (χ2v) is 32.3. The maximum absolute atomic E-state index is 16.6. The molecule has 3 saturated heterocycles. The van der Waals surface area contributed by atoms with Crippen LogP contribution < -0.4 is 30.1 Å². The number of hydrogen-bond acceptors (Lipinski definition) is 21. The van der Waals surface area contributed by atoms with Crippen LogP contribution in [0.25, 0.3) is 32.7 Å². The highest BCUT2D eigenvalue weighted by Crippen LogP contribution is 2.47. The SMILES string of the molecule is CC(=O)N1CCN(c2nc(NCCC(=O)N(C)C)nc3c(F)c([C@H]4C=C(O)Cc5ccccc54)c(Cl)cc23)CC1.CC(=O)N1CCN(c2nc(OCCC(=O)N(C)C)nc3c(F)c([C@H]4C=C(O)Cc5ccccc54)c(Cl)cc23)CC1.CCC(=O)N1CCN(c2nc(NCCC(=O)N(C)C)nc3c(F)c([C@H]4C=C(O)Cc5ccccc54)c(Cl)cc23)CC1. The number of piperazine rings is 3. The number of nitrogens with zero attached hydrogens (tertiary/aromatic N) is 15. The van der Waals surface area contributed by atoms with Crippen molar-refractivity contribution >= 4 is 132 Å². The van der Waals surface area contributed by atoms with Crippen molar-refractivity contribution in [2.45, 2.75) is 83.5 Å². The fourth-order valence-corrected chi connectivity index (χ4v) is 16.9. The van der Waals surface area contributed by atoms with Crippen LogP contribution in [-0.4, -0.2) is 251 Å². The van der Waals surface area contributed by atoms with Crippen LogP contribution in [0.15, 0.2) is 127 Å². The van der Waals surface area contributed by atoms with Crippen molar-refractivity contribution in [1.82, 2.24) is 59.3 Å². The molecule has 15 rings (SSSR count). The summed E-state index contributed by atoms with van der Waals surface area (Å²) < 4.78 is 55.4. The van der Waals surface area contributed by atoms with Gasteiger partial charge in [-0.15, -0.1) is 0 Å². The van der Waals surface area contributed by atoms with Crippen LogP contribution >= 0.6 is 34.8 Å². The van der Waals surface area contributed by atoms with Gasteiger partial charge in [0.25, 0.3) is 0 Å². The first kappa shape index (κ1) is 87.1. The van der Waals surface area contributed by atoms with Crippen molar-refractivity contribution in [3.63, 3.8) is 0 Å². The summed E-state index contributed by atoms with van der Waals surface area (Å²) in [5.41, 5.74) is 6.19. The largest absolute Gasteiger partial charge is 0.512 e. The summed E-state index contributed by atoms with van der Waals surface area (Å²) in [7, 11) is 10.1. The minimum absolute atomic E-state index is 0.00270. The van der Waals surface area contributed by atoms with Crippen LogP contribution in [0.4, 0.5) is 42.5 Å². The zero-order valence-electron chi connectivity index (χ0n) is 68.9. The number of fused-ring (bicyclic) bond motifs is 6. The molecule has 6 aliphatic rings. The van der Waals surface area contributed by atoms with E-state index in [9.17, 15) is 44.1 Å². The number of aliphatic hydroxyl groups excluding tert-OH is 3. The van der Waals surface area contributed by atoms with Gasteiger partial charge in [-0.3, -0.25) is 28.8 Å². The van der Waals surface area contributed by atoms with E-state index >= 15 is 13.2 Å². The third kappa shape index (κ3) is 19.4. The van der Waals surface area contributed by atoms with E-state index in [1.54, 1.807) is 95.4 Å². The number of amides is 6. The van der Waals surface area contributed by atoms with Crippen molar-refractivity contribution in [3.05, 3.63) is 209 Å². The van der Waals surface area contributed by atoms with E-state index in [2.05, 4.69) is 30.6 Å². The minimum atomic E-state index is -0.631. The Balaban J connectivity index is 0.000000157. The molecule has 9 aromatic rings. The zero-order valence-corrected chi connectivity index (χ0v) is 71.1. The van der Waals surface area contributed by atoms with E-state index in [0.717, 1.165) is 33.4 Å². The average molecular weight is 1720 g/mol. The number of allylic oxidation sites excluding steroid dienone is 6. The summed E-state index contributed by atoms with van der Waals surface area (Å²) in [6.45, 7) is 11.6. The molecule has 3 aliphatic heterocycles. The second-order valence-electron chi connectivity index (χ2n) is 31.1. The molecule has 636 valence electrons. The van der Waals surface area contributed by atoms with Gasteiger partial charge in [-0.05, 0) is 69.8 Å². The number of benzene rings is 6. The first-order valence-electron chi connectivity index (χ1n) is 40.2. The molecule has 5 N–H and O–H groups in total. The number of aliphatic hydroxyl groups is 3. The number of hydrogen-bond donors (Lipinski definition) is 5. The number of anilines is 5. The molecule has 0 saturated carbocycles. The molecule has 0 unspecified atom stereocenters. The van der Waals surface area contributed by atoms with Crippen LogP contribution in [-0.2, 0) is 48.0 Å². The molecule has 0 bridgehead atoms. The molecule has 0 spiro atoms. The molecule has 3 aliphatic carbocycles. The monoisotopic (exact) mass is 1710 g/mol. The Morgan fingerprint density at radius 3 is 1.09 bits per heavy atom. The standard InChI is InChI=1S/C30H34ClFN6O3.C29H32ClFN6O3.C29H31ClFN5O4/c1-4-24(40)37-11-13-38(14-12-37)29-22-17-23(31)26(21-16-19(39)15-18-7-5-6-8-20(18)21)27(32)28(22)34-30(35-29)33-10-9-25(41)36(2)3;1-17(38)36-10-12-37(13-11-36)28-22-16-23(30)25(21-15-19(39)14-18-6-4-5-7-20(18)21)26(31)27(22)33-29(34-28)32-9-8-24(40)35(2)3;1-17(37)35-9-11-36(12-10-35)28-22-16-23(30)25(21-15-19(38)14-18-6-4-5-7-20(18)21)26(31)27(22)32-29(33-28)40-13-8-24(39)34(2)3/h5-8,16-17,21,39H,4,9-15H2,1-3H3,(H,33,34,35);4-7,15-16,21,39H,8-14H2,1-3H3,(H,32,33,34);4-7,15-16,21,38H,8-14H2,1-3H3/t3*21-/m000/s1. The van der Waals surface area contributed by atoms with Gasteiger partial charge in [0.15, 0.2) is 17.5 Å². The lowest BCUT2D eigenvalue weighted by Crippen LogP contribution is -2.49. The number of nitrogens with one attached hydrogen (secondary N) is 2. The van der Waals surface area contributed by atoms with E-state index in [-0.39, 0.29) is 158 Å². The summed E-state index contributed by atoms with van der Waals surface area (Å²) in [5.74, 6) is -1.47. The van der Waals surface area contributed by atoms with Crippen molar-refractivity contribution in [2.24, 2.45) is 0 Å². The number of rotatable bonds is 19. The average Bonchev–Trinajstić information content (AvgIpc) is 0.753. The summed E-state index contributed by atoms with van der Waals surface area (Å²) in [6.07, 6.45) is 6.98. The summed E-state index contributed by atoms with van der Waals surface area (Å²) in [4.78, 5) is 115. The van der Waals surface area contributed by atoms with Gasteiger partial charge in [0.05, 0.1) is 23.7 Å². The highest BCUT2D eigenvalue weighted by molar-refractivity contribution is 6.33. The molecular weight excluding hydrogens is 1620 g/mol. The summed E-state index contributed by atoms with van der Waals surface area (Å²) >= 11 is 20.4. The van der Waals surface area contributed by atoms with E-state index in [4.69, 9.17) is 49.5 Å². The van der Waals surface area contributed by atoms with Gasteiger partial charge in [-0.2, -0.15) is 19.9 Å². The van der Waals surface area contributed by atoms with Crippen molar-refractivity contribution in [3.8, 4) is 6.01 Å². The van der Waals surface area contributed by atoms with Crippen LogP contribution in [0, 0.1) is 17.5 Å². The smallest absolute Gasteiger partial charge is 0.319 e. The van der Waals surface area contributed by atoms with Crippen LogP contribution in [0.1, 0.15) is 114 Å². The Bertz CT molecular complexity index is 5370. The van der Waals surface area contributed by atoms with Crippen LogP contribution in [0.2, 0.25) is 15.1 Å². The molecule has 6 amide bonds. The Kier molecular flexibility index (Phi) is 27.3. The van der Waals surface area contributed by atoms with E-state index in [1.807, 2.05) is 99.3 Å². The van der Waals surface area contributed by atoms with E-state index in [1.165, 1.54) is 21.6 Å². The van der Waals surface area contributed by atoms with Gasteiger partial charge in [-0.25, -0.2) is 23.1 Å². The van der Waals surface area contributed by atoms with Gasteiger partial charge in [-0.1, -0.05) is 115 Å². The van der Waals surface area contributed by atoms with E-state index < -0.39 is 35.2 Å².